The van der Waals surface area contributed by atoms with Gasteiger partial charge >= 0.3 is 5.97 Å². The zero-order valence-corrected chi connectivity index (χ0v) is 9.48. The lowest BCUT2D eigenvalue weighted by molar-refractivity contribution is -0.144. The van der Waals surface area contributed by atoms with Crippen LogP contribution in [-0.4, -0.2) is 35.7 Å². The molecule has 1 aliphatic rings. The molecule has 0 spiro atoms. The molecule has 5 nitrogen and oxygen atoms in total. The van der Waals surface area contributed by atoms with Crippen LogP contribution in [0.15, 0.2) is 5.10 Å². The highest BCUT2D eigenvalue weighted by Gasteiger charge is 2.36. The van der Waals surface area contributed by atoms with E-state index in [4.69, 9.17) is 0 Å². The Balaban J connectivity index is 2.74. The normalized spacial score (nSPS) is 20.9. The van der Waals surface area contributed by atoms with Gasteiger partial charge in [0.25, 0.3) is 5.91 Å². The Labute approximate surface area is 89.1 Å². The Morgan fingerprint density at radius 1 is 1.60 bits per heavy atom. The molecule has 0 fully saturated rings. The van der Waals surface area contributed by atoms with Crippen molar-refractivity contribution < 1.29 is 14.3 Å². The number of methoxy groups -OCH3 is 1. The van der Waals surface area contributed by atoms with Gasteiger partial charge in [-0.05, 0) is 20.8 Å². The summed E-state index contributed by atoms with van der Waals surface area (Å²) < 4.78 is 4.54. The third kappa shape index (κ3) is 2.34. The van der Waals surface area contributed by atoms with E-state index in [2.05, 4.69) is 9.84 Å². The Kier molecular flexibility index (Phi) is 3.44. The fourth-order valence-corrected chi connectivity index (χ4v) is 1.48. The molecule has 1 unspecified atom stereocenters. The SMILES string of the molecule is COC(=O)CC1C(=O)N(C(C)C)N=C1C. The van der Waals surface area contributed by atoms with E-state index >= 15 is 0 Å². The number of ether oxygens (including phenoxy) is 1. The molecule has 15 heavy (non-hydrogen) atoms. The second-order valence-corrected chi connectivity index (χ2v) is 3.85. The molecule has 5 heteroatoms. The van der Waals surface area contributed by atoms with E-state index in [1.54, 1.807) is 6.92 Å². The third-order valence-corrected chi connectivity index (χ3v) is 2.38. The molecule has 1 amide bonds. The van der Waals surface area contributed by atoms with Gasteiger partial charge in [-0.15, -0.1) is 0 Å². The second kappa shape index (κ2) is 4.42. The Bertz CT molecular complexity index is 310. The Morgan fingerprint density at radius 2 is 2.20 bits per heavy atom. The van der Waals surface area contributed by atoms with Crippen LogP contribution in [0.25, 0.3) is 0 Å². The first-order chi connectivity index (χ1) is 6.97. The molecule has 1 aliphatic heterocycles. The molecule has 1 heterocycles. The fourth-order valence-electron chi connectivity index (χ4n) is 1.48. The predicted molar refractivity (Wildman–Crippen MR) is 55.2 cm³/mol. The summed E-state index contributed by atoms with van der Waals surface area (Å²) in [6.07, 6.45) is 0.0773. The standard InChI is InChI=1S/C10H16N2O3/c1-6(2)12-10(14)8(7(3)11-12)5-9(13)15-4/h6,8H,5H2,1-4H3. The van der Waals surface area contributed by atoms with E-state index in [0.717, 1.165) is 0 Å². The van der Waals surface area contributed by atoms with Gasteiger partial charge in [-0.1, -0.05) is 0 Å². The molecule has 0 aromatic heterocycles. The van der Waals surface area contributed by atoms with E-state index < -0.39 is 5.92 Å². The van der Waals surface area contributed by atoms with Gasteiger partial charge in [0.15, 0.2) is 0 Å². The molecule has 0 saturated carbocycles. The summed E-state index contributed by atoms with van der Waals surface area (Å²) >= 11 is 0. The zero-order chi connectivity index (χ0) is 11.6. The first kappa shape index (κ1) is 11.7. The number of hydrogen-bond acceptors (Lipinski definition) is 4. The Morgan fingerprint density at radius 3 is 2.60 bits per heavy atom. The van der Waals surface area contributed by atoms with Crippen molar-refractivity contribution in [3.8, 4) is 0 Å². The van der Waals surface area contributed by atoms with Crippen LogP contribution in [0.5, 0.6) is 0 Å². The van der Waals surface area contributed by atoms with Gasteiger partial charge in [-0.25, -0.2) is 5.01 Å². The molecule has 1 rings (SSSR count). The van der Waals surface area contributed by atoms with Gasteiger partial charge in [0.1, 0.15) is 0 Å². The number of carbonyl (C=O) groups excluding carboxylic acids is 2. The highest BCUT2D eigenvalue weighted by atomic mass is 16.5. The maximum atomic E-state index is 11.8. The van der Waals surface area contributed by atoms with Gasteiger partial charge in [0.2, 0.25) is 0 Å². The molecular weight excluding hydrogens is 196 g/mol. The highest BCUT2D eigenvalue weighted by molar-refractivity contribution is 6.08. The molecule has 0 radical (unpaired) electrons. The monoisotopic (exact) mass is 212 g/mol. The summed E-state index contributed by atoms with van der Waals surface area (Å²) in [5, 5.41) is 5.55. The number of rotatable bonds is 3. The summed E-state index contributed by atoms with van der Waals surface area (Å²) in [5.41, 5.74) is 0.680. The molecule has 0 aliphatic carbocycles. The lowest BCUT2D eigenvalue weighted by Gasteiger charge is -2.17. The van der Waals surface area contributed by atoms with Crippen molar-refractivity contribution in [3.05, 3.63) is 0 Å². The number of amides is 1. The summed E-state index contributed by atoms with van der Waals surface area (Å²) in [6.45, 7) is 5.53. The Hall–Kier alpha value is -1.39. The van der Waals surface area contributed by atoms with Crippen LogP contribution in [-0.2, 0) is 14.3 Å². The topological polar surface area (TPSA) is 59.0 Å². The van der Waals surface area contributed by atoms with Crippen LogP contribution in [0, 0.1) is 5.92 Å². The minimum absolute atomic E-state index is 0.0232. The maximum Gasteiger partial charge on any atom is 0.306 e. The van der Waals surface area contributed by atoms with Gasteiger partial charge in [0, 0.05) is 11.8 Å². The van der Waals surface area contributed by atoms with Crippen LogP contribution in [0.4, 0.5) is 0 Å². The van der Waals surface area contributed by atoms with Crippen molar-refractivity contribution in [1.82, 2.24) is 5.01 Å². The van der Waals surface area contributed by atoms with Crippen molar-refractivity contribution >= 4 is 17.6 Å². The van der Waals surface area contributed by atoms with E-state index in [9.17, 15) is 9.59 Å². The number of carbonyl (C=O) groups is 2. The molecule has 0 N–H and O–H groups in total. The molecule has 1 atom stereocenters. The van der Waals surface area contributed by atoms with Gasteiger partial charge in [0.05, 0.1) is 19.4 Å². The minimum atomic E-state index is -0.445. The molecule has 0 aromatic rings. The summed E-state index contributed by atoms with van der Waals surface area (Å²) in [6, 6.07) is 0.0232. The van der Waals surface area contributed by atoms with Crippen LogP contribution in [0.3, 0.4) is 0 Å². The average molecular weight is 212 g/mol. The van der Waals surface area contributed by atoms with Crippen molar-refractivity contribution in [1.29, 1.82) is 0 Å². The fraction of sp³-hybridized carbons (Fsp3) is 0.700. The zero-order valence-electron chi connectivity index (χ0n) is 9.48. The molecule has 84 valence electrons. The van der Waals surface area contributed by atoms with E-state index in [0.29, 0.717) is 5.71 Å². The number of hydrogen-bond donors (Lipinski definition) is 0. The predicted octanol–water partition coefficient (Wildman–Crippen LogP) is 0.792. The molecule has 0 bridgehead atoms. The number of nitrogens with zero attached hydrogens (tertiary/aromatic N) is 2. The summed E-state index contributed by atoms with van der Waals surface area (Å²) in [5.74, 6) is -0.943. The van der Waals surface area contributed by atoms with Crippen LogP contribution in [0.1, 0.15) is 27.2 Å². The van der Waals surface area contributed by atoms with Crippen LogP contribution < -0.4 is 0 Å². The van der Waals surface area contributed by atoms with Crippen molar-refractivity contribution in [2.45, 2.75) is 33.2 Å². The summed E-state index contributed by atoms with van der Waals surface area (Å²) in [4.78, 5) is 22.9. The van der Waals surface area contributed by atoms with Gasteiger partial charge < -0.3 is 4.74 Å². The van der Waals surface area contributed by atoms with Crippen molar-refractivity contribution in [3.63, 3.8) is 0 Å². The highest BCUT2D eigenvalue weighted by Crippen LogP contribution is 2.21. The first-order valence-electron chi connectivity index (χ1n) is 4.92. The smallest absolute Gasteiger partial charge is 0.306 e. The summed E-state index contributed by atoms with van der Waals surface area (Å²) in [7, 11) is 1.31. The molecule has 0 saturated heterocycles. The van der Waals surface area contributed by atoms with Crippen molar-refractivity contribution in [2.75, 3.05) is 7.11 Å². The minimum Gasteiger partial charge on any atom is -0.469 e. The van der Waals surface area contributed by atoms with E-state index in [1.165, 1.54) is 12.1 Å². The van der Waals surface area contributed by atoms with E-state index in [-0.39, 0.29) is 24.3 Å². The van der Waals surface area contributed by atoms with Crippen molar-refractivity contribution in [2.24, 2.45) is 11.0 Å². The second-order valence-electron chi connectivity index (χ2n) is 3.85. The largest absolute Gasteiger partial charge is 0.469 e. The molecular formula is C10H16N2O3. The third-order valence-electron chi connectivity index (χ3n) is 2.38. The number of esters is 1. The average Bonchev–Trinajstić information content (AvgIpc) is 2.45. The van der Waals surface area contributed by atoms with Crippen LogP contribution in [0.2, 0.25) is 0 Å². The first-order valence-corrected chi connectivity index (χ1v) is 4.92. The number of hydrazone groups is 1. The van der Waals surface area contributed by atoms with Gasteiger partial charge in [-0.3, -0.25) is 9.59 Å². The molecule has 0 aromatic carbocycles. The quantitative estimate of drug-likeness (QED) is 0.650. The lowest BCUT2D eigenvalue weighted by atomic mass is 10.0. The van der Waals surface area contributed by atoms with Crippen LogP contribution >= 0.6 is 0 Å². The van der Waals surface area contributed by atoms with E-state index in [1.807, 2.05) is 13.8 Å². The lowest BCUT2D eigenvalue weighted by Crippen LogP contribution is -2.33. The maximum absolute atomic E-state index is 11.8. The van der Waals surface area contributed by atoms with Gasteiger partial charge in [-0.2, -0.15) is 5.10 Å².